The molecule has 2 aliphatic heterocycles. The van der Waals surface area contributed by atoms with Crippen LogP contribution in [0.4, 0.5) is 0 Å². The van der Waals surface area contributed by atoms with Crippen LogP contribution >= 0.6 is 0 Å². The minimum atomic E-state index is -1.42. The number of carbonyl (C=O) groups excluding carboxylic acids is 8. The lowest BCUT2D eigenvalue weighted by molar-refractivity contribution is -0.155. The lowest BCUT2D eigenvalue weighted by atomic mass is 10.0. The number of phenols is 1. The molecule has 1 aromatic carbocycles. The molecule has 9 N–H and O–H groups in total. The number of primary amides is 1. The number of rotatable bonds is 14. The summed E-state index contributed by atoms with van der Waals surface area (Å²) >= 11 is 0. The SMILES string of the molecule is CCCCCC=CCCC1CCCC(=O)NC(C(C)O)C(=O)NC(C)C(=O)N2CCCC2C(=O)NC(CCC(N)=O)C(=O)NC(Cc2ccc(O)cc2)C(=O)NC(C(C)C)C(=O)O1. The van der Waals surface area contributed by atoms with Crippen molar-refractivity contribution in [1.29, 1.82) is 0 Å². The van der Waals surface area contributed by atoms with Gasteiger partial charge >= 0.3 is 5.97 Å². The van der Waals surface area contributed by atoms with Crippen LogP contribution in [0.5, 0.6) is 5.75 Å². The Morgan fingerprint density at radius 1 is 0.825 bits per heavy atom. The summed E-state index contributed by atoms with van der Waals surface area (Å²) < 4.78 is 6.03. The van der Waals surface area contributed by atoms with Gasteiger partial charge in [-0.05, 0) is 95.2 Å². The van der Waals surface area contributed by atoms with Crippen LogP contribution in [-0.4, -0.2) is 117 Å². The minimum absolute atomic E-state index is 0.0277. The second-order valence-electron chi connectivity index (χ2n) is 16.9. The molecule has 0 saturated carbocycles. The normalized spacial score (nSPS) is 25.9. The third-order valence-electron chi connectivity index (χ3n) is 11.2. The molecule has 0 bridgehead atoms. The topological polar surface area (TPSA) is 276 Å². The molecule has 3 rings (SSSR count). The number of aliphatic hydroxyl groups is 1. The number of aromatic hydroxyl groups is 1. The summed E-state index contributed by atoms with van der Waals surface area (Å²) in [5.74, 6) is -6.31. The van der Waals surface area contributed by atoms with Gasteiger partial charge in [0.15, 0.2) is 0 Å². The average molecular weight is 884 g/mol. The van der Waals surface area contributed by atoms with Crippen LogP contribution in [0.25, 0.3) is 0 Å². The van der Waals surface area contributed by atoms with Crippen LogP contribution in [0.2, 0.25) is 0 Å². The number of nitrogens with two attached hydrogens (primary N) is 1. The fourth-order valence-electron chi connectivity index (χ4n) is 7.51. The van der Waals surface area contributed by atoms with E-state index in [1.54, 1.807) is 26.0 Å². The monoisotopic (exact) mass is 884 g/mol. The largest absolute Gasteiger partial charge is 0.508 e. The van der Waals surface area contributed by atoms with E-state index in [1.165, 1.54) is 30.9 Å². The highest BCUT2D eigenvalue weighted by molar-refractivity contribution is 5.97. The van der Waals surface area contributed by atoms with E-state index in [9.17, 15) is 48.6 Å². The predicted octanol–water partition coefficient (Wildman–Crippen LogP) is 1.68. The summed E-state index contributed by atoms with van der Waals surface area (Å²) in [6, 6.07) is -1.64. The second kappa shape index (κ2) is 26.2. The summed E-state index contributed by atoms with van der Waals surface area (Å²) in [4.78, 5) is 110. The maximum Gasteiger partial charge on any atom is 0.329 e. The van der Waals surface area contributed by atoms with E-state index in [-0.39, 0.29) is 57.2 Å². The first-order chi connectivity index (χ1) is 29.9. The van der Waals surface area contributed by atoms with Crippen molar-refractivity contribution in [3.8, 4) is 5.75 Å². The number of carbonyl (C=O) groups is 8. The molecule has 8 unspecified atom stereocenters. The summed E-state index contributed by atoms with van der Waals surface area (Å²) in [5.41, 5.74) is 5.97. The lowest BCUT2D eigenvalue weighted by Crippen LogP contribution is -2.60. The molecule has 0 aromatic heterocycles. The van der Waals surface area contributed by atoms with Gasteiger partial charge in [-0.3, -0.25) is 33.6 Å². The highest BCUT2D eigenvalue weighted by Crippen LogP contribution is 2.21. The van der Waals surface area contributed by atoms with Crippen molar-refractivity contribution in [3.05, 3.63) is 42.0 Å². The molecule has 2 saturated heterocycles. The molecule has 1 aromatic rings. The van der Waals surface area contributed by atoms with E-state index in [1.807, 2.05) is 6.08 Å². The van der Waals surface area contributed by atoms with Crippen LogP contribution in [0.15, 0.2) is 36.4 Å². The number of allylic oxidation sites excluding steroid dienone is 2. The molecular weight excluding hydrogens is 815 g/mol. The van der Waals surface area contributed by atoms with Gasteiger partial charge < -0.3 is 52.2 Å². The summed E-state index contributed by atoms with van der Waals surface area (Å²) in [7, 11) is 0. The minimum Gasteiger partial charge on any atom is -0.508 e. The number of phenolic OH excluding ortho intramolecular Hbond substituents is 1. The van der Waals surface area contributed by atoms with Crippen LogP contribution in [0.1, 0.15) is 124 Å². The molecule has 2 aliphatic rings. The smallest absolute Gasteiger partial charge is 0.329 e. The number of nitrogens with zero attached hydrogens (tertiary/aromatic N) is 1. The zero-order chi connectivity index (χ0) is 46.6. The number of esters is 1. The van der Waals surface area contributed by atoms with Crippen molar-refractivity contribution in [2.24, 2.45) is 11.7 Å². The Hall–Kier alpha value is -5.52. The number of nitrogens with one attached hydrogen (secondary N) is 5. The number of aliphatic hydroxyl groups excluding tert-OH is 1. The van der Waals surface area contributed by atoms with Crippen molar-refractivity contribution in [2.75, 3.05) is 6.54 Å². The Kier molecular flexibility index (Phi) is 21.5. The fraction of sp³-hybridized carbons (Fsp3) is 0.644. The highest BCUT2D eigenvalue weighted by Gasteiger charge is 2.39. The maximum atomic E-state index is 14.2. The lowest BCUT2D eigenvalue weighted by Gasteiger charge is -2.30. The predicted molar refractivity (Wildman–Crippen MR) is 233 cm³/mol. The van der Waals surface area contributed by atoms with E-state index >= 15 is 0 Å². The number of hydrogen-bond donors (Lipinski definition) is 8. The van der Waals surface area contributed by atoms with E-state index in [2.05, 4.69) is 39.6 Å². The van der Waals surface area contributed by atoms with Crippen LogP contribution < -0.4 is 32.3 Å². The van der Waals surface area contributed by atoms with Gasteiger partial charge in [0, 0.05) is 25.8 Å². The molecule has 2 fully saturated rings. The zero-order valence-corrected chi connectivity index (χ0v) is 37.4. The van der Waals surface area contributed by atoms with E-state index in [0.29, 0.717) is 24.8 Å². The molecule has 8 atom stereocenters. The molecular formula is C45H69N7O11. The molecule has 350 valence electrons. The van der Waals surface area contributed by atoms with Gasteiger partial charge in [0.1, 0.15) is 48.1 Å². The number of amides is 7. The molecule has 18 heteroatoms. The first kappa shape index (κ1) is 51.8. The third kappa shape index (κ3) is 17.3. The van der Waals surface area contributed by atoms with Gasteiger partial charge in [0.05, 0.1) is 6.10 Å². The van der Waals surface area contributed by atoms with Crippen LogP contribution in [0, 0.1) is 5.92 Å². The van der Waals surface area contributed by atoms with Crippen molar-refractivity contribution in [3.63, 3.8) is 0 Å². The van der Waals surface area contributed by atoms with E-state index in [4.69, 9.17) is 10.5 Å². The Morgan fingerprint density at radius 3 is 2.14 bits per heavy atom. The number of ether oxygens (including phenoxy) is 1. The van der Waals surface area contributed by atoms with Gasteiger partial charge in [0.25, 0.3) is 0 Å². The average Bonchev–Trinajstić information content (AvgIpc) is 3.72. The van der Waals surface area contributed by atoms with E-state index in [0.717, 1.165) is 25.7 Å². The molecule has 7 amide bonds. The Bertz CT molecular complexity index is 1750. The first-order valence-corrected chi connectivity index (χ1v) is 22.3. The van der Waals surface area contributed by atoms with Gasteiger partial charge in [0.2, 0.25) is 41.4 Å². The summed E-state index contributed by atoms with van der Waals surface area (Å²) in [6.07, 6.45) is 7.58. The molecule has 63 heavy (non-hydrogen) atoms. The molecule has 18 nitrogen and oxygen atoms in total. The van der Waals surface area contributed by atoms with Crippen molar-refractivity contribution >= 4 is 47.3 Å². The number of fused-ring (bicyclic) bond motifs is 1. The van der Waals surface area contributed by atoms with Gasteiger partial charge in [-0.1, -0.05) is 57.9 Å². The first-order valence-electron chi connectivity index (χ1n) is 22.3. The number of unbranched alkanes of at least 4 members (excludes halogenated alkanes) is 3. The summed E-state index contributed by atoms with van der Waals surface area (Å²) in [6.45, 7) is 8.44. The quantitative estimate of drug-likeness (QED) is 0.0757. The van der Waals surface area contributed by atoms with Crippen LogP contribution in [-0.2, 0) is 49.5 Å². The number of cyclic esters (lactones) is 1. The van der Waals surface area contributed by atoms with Gasteiger partial charge in [-0.2, -0.15) is 0 Å². The molecule has 0 radical (unpaired) electrons. The number of hydrogen-bond acceptors (Lipinski definition) is 11. The van der Waals surface area contributed by atoms with Crippen molar-refractivity contribution in [2.45, 2.75) is 173 Å². The van der Waals surface area contributed by atoms with Gasteiger partial charge in [-0.15, -0.1) is 0 Å². The third-order valence-corrected chi connectivity index (χ3v) is 11.2. The van der Waals surface area contributed by atoms with E-state index < -0.39 is 102 Å². The Morgan fingerprint density at radius 2 is 1.49 bits per heavy atom. The number of benzene rings is 1. The van der Waals surface area contributed by atoms with Crippen molar-refractivity contribution in [1.82, 2.24) is 31.5 Å². The van der Waals surface area contributed by atoms with Crippen molar-refractivity contribution < 1.29 is 53.3 Å². The Balaban J connectivity index is 2.02. The van der Waals surface area contributed by atoms with Crippen LogP contribution in [0.3, 0.4) is 0 Å². The summed E-state index contributed by atoms with van der Waals surface area (Å²) in [5, 5.41) is 33.5. The van der Waals surface area contributed by atoms with Gasteiger partial charge in [-0.25, -0.2) is 4.79 Å². The Labute approximate surface area is 370 Å². The molecule has 2 heterocycles. The standard InChI is InChI=1S/C45H69N7O11/c1-6-7-8-9-10-11-12-15-32-16-13-18-37(56)50-39(29(5)53)43(60)47-28(4)44(61)52-25-14-17-35(52)42(59)48-33(23-24-36(46)55)40(57)49-34(26-30-19-21-31(54)22-20-30)41(58)51-38(27(2)3)45(62)63-32/h10-11,19-22,27-29,32-35,38-39,53-54H,6-9,12-18,23-26H2,1-5H3,(H2,46,55)(H,47,60)(H,48,59)(H,49,57)(H,50,56)(H,51,58). The second-order valence-corrected chi connectivity index (χ2v) is 16.9. The zero-order valence-electron chi connectivity index (χ0n) is 37.4. The molecule has 0 spiro atoms. The highest BCUT2D eigenvalue weighted by atomic mass is 16.5. The molecule has 0 aliphatic carbocycles. The fourth-order valence-corrected chi connectivity index (χ4v) is 7.51. The maximum absolute atomic E-state index is 14.2.